The molecular weight excluding hydrogens is 302 g/mol. The second-order valence-corrected chi connectivity index (χ2v) is 6.20. The lowest BCUT2D eigenvalue weighted by Crippen LogP contribution is -2.46. The molecule has 0 unspecified atom stereocenters. The summed E-state index contributed by atoms with van der Waals surface area (Å²) in [6.07, 6.45) is 3.43. The first-order chi connectivity index (χ1) is 10.6. The molecule has 1 fully saturated rings. The van der Waals surface area contributed by atoms with Crippen molar-refractivity contribution < 1.29 is 9.59 Å². The van der Waals surface area contributed by atoms with Crippen molar-refractivity contribution in [3.05, 3.63) is 34.9 Å². The first-order valence-electron chi connectivity index (χ1n) is 7.62. The fourth-order valence-corrected chi connectivity index (χ4v) is 2.78. The van der Waals surface area contributed by atoms with Gasteiger partial charge in [-0.15, -0.1) is 0 Å². The third-order valence-electron chi connectivity index (χ3n) is 3.91. The van der Waals surface area contributed by atoms with Gasteiger partial charge >= 0.3 is 0 Å². The number of likely N-dealkylation sites (tertiary alicyclic amines) is 1. The summed E-state index contributed by atoms with van der Waals surface area (Å²) in [4.78, 5) is 26.0. The van der Waals surface area contributed by atoms with Crippen molar-refractivity contribution in [2.45, 2.75) is 26.2 Å². The van der Waals surface area contributed by atoms with E-state index in [2.05, 4.69) is 22.7 Å². The minimum atomic E-state index is -0.413. The van der Waals surface area contributed by atoms with Crippen LogP contribution in [0, 0.1) is 5.92 Å². The van der Waals surface area contributed by atoms with Crippen molar-refractivity contribution in [2.75, 3.05) is 19.6 Å². The molecule has 1 aliphatic heterocycles. The second-order valence-electron chi connectivity index (χ2n) is 5.79. The maximum Gasteiger partial charge on any atom is 0.271 e. The van der Waals surface area contributed by atoms with Gasteiger partial charge in [0.15, 0.2) is 0 Å². The van der Waals surface area contributed by atoms with Gasteiger partial charge in [-0.1, -0.05) is 30.7 Å². The van der Waals surface area contributed by atoms with Gasteiger partial charge in [0.2, 0.25) is 0 Å². The first-order valence-corrected chi connectivity index (χ1v) is 8.00. The van der Waals surface area contributed by atoms with Gasteiger partial charge in [-0.2, -0.15) is 0 Å². The van der Waals surface area contributed by atoms with Gasteiger partial charge in [0.1, 0.15) is 0 Å². The number of benzene rings is 1. The van der Waals surface area contributed by atoms with Crippen LogP contribution in [0.4, 0.5) is 0 Å². The van der Waals surface area contributed by atoms with Gasteiger partial charge in [-0.3, -0.25) is 25.3 Å². The predicted molar refractivity (Wildman–Crippen MR) is 86.5 cm³/mol. The molecule has 2 N–H and O–H groups in total. The van der Waals surface area contributed by atoms with Gasteiger partial charge < -0.3 is 0 Å². The summed E-state index contributed by atoms with van der Waals surface area (Å²) in [6.45, 7) is 4.40. The summed E-state index contributed by atoms with van der Waals surface area (Å²) in [6, 6.07) is 6.72. The molecule has 2 amide bonds. The molecule has 22 heavy (non-hydrogen) atoms. The lowest BCUT2D eigenvalue weighted by atomic mass is 10.0. The molecule has 0 radical (unpaired) electrons. The van der Waals surface area contributed by atoms with Crippen LogP contribution in [0.2, 0.25) is 5.02 Å². The van der Waals surface area contributed by atoms with E-state index in [4.69, 9.17) is 11.6 Å². The lowest BCUT2D eigenvalue weighted by molar-refractivity contribution is -0.123. The van der Waals surface area contributed by atoms with Crippen LogP contribution in [-0.2, 0) is 4.79 Å². The molecule has 1 heterocycles. The Morgan fingerprint density at radius 2 is 2.00 bits per heavy atom. The quantitative estimate of drug-likeness (QED) is 0.839. The molecule has 120 valence electrons. The Morgan fingerprint density at radius 3 is 2.77 bits per heavy atom. The van der Waals surface area contributed by atoms with E-state index in [1.807, 2.05) is 0 Å². The molecule has 2 rings (SSSR count). The van der Waals surface area contributed by atoms with Crippen molar-refractivity contribution in [1.82, 2.24) is 15.8 Å². The molecule has 0 saturated carbocycles. The van der Waals surface area contributed by atoms with Crippen LogP contribution in [-0.4, -0.2) is 36.3 Å². The Hall–Kier alpha value is -1.59. The average Bonchev–Trinajstić information content (AvgIpc) is 2.70. The number of carbonyl (C=O) groups is 2. The van der Waals surface area contributed by atoms with Crippen LogP contribution in [0.3, 0.4) is 0 Å². The van der Waals surface area contributed by atoms with Gasteiger partial charge in [-0.05, 0) is 50.4 Å². The van der Waals surface area contributed by atoms with E-state index in [1.165, 1.54) is 6.42 Å². The topological polar surface area (TPSA) is 61.4 Å². The molecule has 1 aliphatic rings. The van der Waals surface area contributed by atoms with Gasteiger partial charge in [0.25, 0.3) is 11.8 Å². The first kappa shape index (κ1) is 16.8. The summed E-state index contributed by atoms with van der Waals surface area (Å²) in [5.41, 5.74) is 5.19. The summed E-state index contributed by atoms with van der Waals surface area (Å²) in [7, 11) is 0. The van der Waals surface area contributed by atoms with E-state index in [1.54, 1.807) is 24.3 Å². The molecule has 1 aromatic rings. The monoisotopic (exact) mass is 323 g/mol. The van der Waals surface area contributed by atoms with E-state index in [0.717, 1.165) is 25.9 Å². The molecule has 1 saturated heterocycles. The molecule has 0 aromatic heterocycles. The maximum absolute atomic E-state index is 11.9. The highest BCUT2D eigenvalue weighted by Gasteiger charge is 2.17. The molecule has 0 spiro atoms. The Morgan fingerprint density at radius 1 is 1.23 bits per heavy atom. The molecule has 0 bridgehead atoms. The Kier molecular flexibility index (Phi) is 6.21. The number of nitrogens with zero attached hydrogens (tertiary/aromatic N) is 1. The van der Waals surface area contributed by atoms with E-state index >= 15 is 0 Å². The molecule has 1 aromatic carbocycles. The lowest BCUT2D eigenvalue weighted by Gasteiger charge is -2.19. The van der Waals surface area contributed by atoms with Crippen LogP contribution in [0.1, 0.15) is 36.5 Å². The number of hydrogen-bond acceptors (Lipinski definition) is 3. The van der Waals surface area contributed by atoms with Crippen LogP contribution in [0.5, 0.6) is 0 Å². The van der Waals surface area contributed by atoms with Crippen molar-refractivity contribution in [3.63, 3.8) is 0 Å². The Bertz CT molecular complexity index is 536. The van der Waals surface area contributed by atoms with Crippen LogP contribution in [0.15, 0.2) is 24.3 Å². The smallest absolute Gasteiger partial charge is 0.271 e. The van der Waals surface area contributed by atoms with Crippen LogP contribution in [0.25, 0.3) is 0 Å². The molecular formula is C16H22ClN3O2. The second kappa shape index (κ2) is 8.15. The van der Waals surface area contributed by atoms with Crippen molar-refractivity contribution in [2.24, 2.45) is 5.92 Å². The van der Waals surface area contributed by atoms with E-state index in [9.17, 15) is 9.59 Å². The minimum Gasteiger partial charge on any atom is -0.294 e. The highest BCUT2D eigenvalue weighted by Crippen LogP contribution is 2.16. The number of hydrogen-bond donors (Lipinski definition) is 2. The number of carbonyl (C=O) groups excluding carboxylic acids is 2. The number of nitrogens with one attached hydrogen (secondary N) is 2. The highest BCUT2D eigenvalue weighted by molar-refractivity contribution is 6.33. The normalized spacial score (nSPS) is 19.3. The zero-order chi connectivity index (χ0) is 15.9. The zero-order valence-electron chi connectivity index (χ0n) is 12.8. The summed E-state index contributed by atoms with van der Waals surface area (Å²) in [5, 5.41) is 0.357. The Labute approximate surface area is 136 Å². The van der Waals surface area contributed by atoms with E-state index in [0.29, 0.717) is 23.0 Å². The SMILES string of the molecule is C[C@H]1CCCN(CC(=O)NNC(=O)c2ccccc2Cl)CC1. The molecule has 1 atom stereocenters. The van der Waals surface area contributed by atoms with Crippen molar-refractivity contribution >= 4 is 23.4 Å². The predicted octanol–water partition coefficient (Wildman–Crippen LogP) is 2.22. The van der Waals surface area contributed by atoms with Gasteiger partial charge in [0, 0.05) is 0 Å². The molecule has 0 aliphatic carbocycles. The maximum atomic E-state index is 11.9. The fourth-order valence-electron chi connectivity index (χ4n) is 2.56. The third-order valence-corrected chi connectivity index (χ3v) is 4.24. The summed E-state index contributed by atoms with van der Waals surface area (Å²) >= 11 is 5.94. The number of rotatable bonds is 3. The van der Waals surface area contributed by atoms with Crippen LogP contribution < -0.4 is 10.9 Å². The Balaban J connectivity index is 1.78. The van der Waals surface area contributed by atoms with E-state index in [-0.39, 0.29) is 5.91 Å². The molecule has 5 nitrogen and oxygen atoms in total. The summed E-state index contributed by atoms with van der Waals surface area (Å²) in [5.74, 6) is 0.0892. The highest BCUT2D eigenvalue weighted by atomic mass is 35.5. The number of halogens is 1. The van der Waals surface area contributed by atoms with Crippen molar-refractivity contribution in [1.29, 1.82) is 0 Å². The summed E-state index contributed by atoms with van der Waals surface area (Å²) < 4.78 is 0. The van der Waals surface area contributed by atoms with E-state index < -0.39 is 5.91 Å². The zero-order valence-corrected chi connectivity index (χ0v) is 13.5. The van der Waals surface area contributed by atoms with Gasteiger partial charge in [0.05, 0.1) is 17.1 Å². The van der Waals surface area contributed by atoms with Gasteiger partial charge in [-0.25, -0.2) is 0 Å². The van der Waals surface area contributed by atoms with Crippen LogP contribution >= 0.6 is 11.6 Å². The average molecular weight is 324 g/mol. The minimum absolute atomic E-state index is 0.213. The largest absolute Gasteiger partial charge is 0.294 e. The fraction of sp³-hybridized carbons (Fsp3) is 0.500. The number of hydrazine groups is 1. The standard InChI is InChI=1S/C16H22ClN3O2/c1-12-5-4-9-20(10-8-12)11-15(21)18-19-16(22)13-6-2-3-7-14(13)17/h2-3,6-7,12H,4-5,8-11H2,1H3,(H,18,21)(H,19,22)/t12-/m0/s1. The number of amides is 2. The third kappa shape index (κ3) is 5.00. The molecule has 6 heteroatoms. The van der Waals surface area contributed by atoms with Crippen molar-refractivity contribution in [3.8, 4) is 0 Å².